The highest BCUT2D eigenvalue weighted by atomic mass is 79.9. The van der Waals surface area contributed by atoms with Gasteiger partial charge >= 0.3 is 0 Å². The Morgan fingerprint density at radius 1 is 0.969 bits per heavy atom. The smallest absolute Gasteiger partial charge is 0.186 e. The summed E-state index contributed by atoms with van der Waals surface area (Å²) in [6, 6.07) is 9.32. The van der Waals surface area contributed by atoms with Crippen LogP contribution in [0.4, 0.5) is 0 Å². The lowest BCUT2D eigenvalue weighted by Gasteiger charge is -2.30. The van der Waals surface area contributed by atoms with E-state index in [9.17, 15) is 16.8 Å². The number of rotatable bonds is 10. The van der Waals surface area contributed by atoms with Crippen molar-refractivity contribution >= 4 is 47.2 Å². The topological polar surface area (TPSA) is 80.8 Å². The summed E-state index contributed by atoms with van der Waals surface area (Å²) < 4.78 is 57.9. The molecule has 0 aliphatic carbocycles. The van der Waals surface area contributed by atoms with Crippen molar-refractivity contribution in [1.29, 1.82) is 0 Å². The van der Waals surface area contributed by atoms with E-state index in [4.69, 9.17) is 16.3 Å². The van der Waals surface area contributed by atoms with E-state index in [0.29, 0.717) is 16.6 Å². The number of benzene rings is 2. The predicted octanol–water partition coefficient (Wildman–Crippen LogP) is 4.98. The minimum atomic E-state index is -3.82. The highest BCUT2D eigenvalue weighted by molar-refractivity contribution is 9.10. The van der Waals surface area contributed by atoms with E-state index >= 15 is 0 Å². The molecule has 0 atom stereocenters. The van der Waals surface area contributed by atoms with Gasteiger partial charge < -0.3 is 4.74 Å². The zero-order valence-corrected chi connectivity index (χ0v) is 22.8. The van der Waals surface area contributed by atoms with E-state index in [1.165, 1.54) is 31.4 Å². The van der Waals surface area contributed by atoms with Crippen LogP contribution in [0.3, 0.4) is 0 Å². The van der Waals surface area contributed by atoms with Crippen LogP contribution in [0.5, 0.6) is 5.75 Å². The maximum atomic E-state index is 13.1. The molecule has 0 spiro atoms. The van der Waals surface area contributed by atoms with Gasteiger partial charge in [-0.1, -0.05) is 27.5 Å². The molecule has 0 heterocycles. The first-order chi connectivity index (χ1) is 14.8. The fourth-order valence-corrected chi connectivity index (χ4v) is 7.22. The average Bonchev–Trinajstić information content (AvgIpc) is 2.66. The summed E-state index contributed by atoms with van der Waals surface area (Å²) >= 11 is 9.45. The Morgan fingerprint density at radius 3 is 2.16 bits per heavy atom. The average molecular weight is 567 g/mol. The lowest BCUT2D eigenvalue weighted by molar-refractivity contribution is 0.186. The first-order valence-corrected chi connectivity index (χ1v) is 14.6. The number of methoxy groups -OCH3 is 1. The molecule has 0 aromatic heterocycles. The SMILES string of the molecule is COc1ccc(Br)cc1S(=O)(=O)Cc1cc(Cl)cc(S(=O)(=O)CCN(C(C)C)C(C)C)c1. The van der Waals surface area contributed by atoms with Gasteiger partial charge in [0.2, 0.25) is 0 Å². The zero-order valence-electron chi connectivity index (χ0n) is 18.8. The molecule has 0 saturated carbocycles. The number of hydrogen-bond donors (Lipinski definition) is 0. The number of nitrogens with zero attached hydrogens (tertiary/aromatic N) is 1. The molecule has 0 saturated heterocycles. The standard InChI is InChI=1S/C22H29BrClNO5S2/c1-15(2)25(16(3)4)8-9-31(26,27)20-11-17(10-19(24)13-20)14-32(28,29)22-12-18(23)6-7-21(22)30-5/h6-7,10-13,15-16H,8-9,14H2,1-5H3. The van der Waals surface area contributed by atoms with Crippen molar-refractivity contribution in [3.8, 4) is 5.75 Å². The largest absolute Gasteiger partial charge is 0.495 e. The van der Waals surface area contributed by atoms with E-state index in [1.54, 1.807) is 12.1 Å². The Hall–Kier alpha value is -1.13. The van der Waals surface area contributed by atoms with Gasteiger partial charge in [-0.3, -0.25) is 4.90 Å². The number of hydrogen-bond acceptors (Lipinski definition) is 6. The molecule has 32 heavy (non-hydrogen) atoms. The third-order valence-electron chi connectivity index (χ3n) is 5.05. The lowest BCUT2D eigenvalue weighted by atomic mass is 10.2. The summed E-state index contributed by atoms with van der Waals surface area (Å²) in [7, 11) is -6.09. The molecular formula is C22H29BrClNO5S2. The first-order valence-electron chi connectivity index (χ1n) is 10.1. The molecule has 2 aromatic carbocycles. The zero-order chi connectivity index (χ0) is 24.3. The molecule has 0 aliphatic heterocycles. The van der Waals surface area contributed by atoms with Crippen molar-refractivity contribution in [1.82, 2.24) is 4.90 Å². The summed E-state index contributed by atoms with van der Waals surface area (Å²) in [6.45, 7) is 8.44. The van der Waals surface area contributed by atoms with Crippen LogP contribution in [-0.4, -0.2) is 53.2 Å². The van der Waals surface area contributed by atoms with Gasteiger partial charge in [0.1, 0.15) is 10.6 Å². The van der Waals surface area contributed by atoms with E-state index in [-0.39, 0.29) is 38.4 Å². The van der Waals surface area contributed by atoms with Gasteiger partial charge in [0, 0.05) is 28.1 Å². The molecule has 0 N–H and O–H groups in total. The quantitative estimate of drug-likeness (QED) is 0.404. The third-order valence-corrected chi connectivity index (χ3v) is 9.14. The van der Waals surface area contributed by atoms with Crippen LogP contribution < -0.4 is 4.74 Å². The first kappa shape index (κ1) is 27.1. The molecule has 178 valence electrons. The van der Waals surface area contributed by atoms with E-state index in [2.05, 4.69) is 20.8 Å². The van der Waals surface area contributed by atoms with Crippen molar-refractivity contribution < 1.29 is 21.6 Å². The Kier molecular flexibility index (Phi) is 9.21. The fourth-order valence-electron chi connectivity index (χ4n) is 3.53. The summed E-state index contributed by atoms with van der Waals surface area (Å²) in [6.07, 6.45) is 0. The molecule has 0 aliphatic rings. The monoisotopic (exact) mass is 565 g/mol. The molecule has 0 amide bonds. The van der Waals surface area contributed by atoms with Crippen molar-refractivity contribution in [2.45, 2.75) is 55.3 Å². The molecule has 0 bridgehead atoms. The van der Waals surface area contributed by atoms with Crippen LogP contribution in [0, 0.1) is 0 Å². The Balaban J connectivity index is 2.36. The van der Waals surface area contributed by atoms with Crippen LogP contribution in [0.1, 0.15) is 33.3 Å². The van der Waals surface area contributed by atoms with Crippen LogP contribution >= 0.6 is 27.5 Å². The molecule has 2 rings (SSSR count). The van der Waals surface area contributed by atoms with Crippen molar-refractivity contribution in [2.24, 2.45) is 0 Å². The Labute approximate surface area is 204 Å². The summed E-state index contributed by atoms with van der Waals surface area (Å²) in [5, 5.41) is 0.169. The number of halogens is 2. The van der Waals surface area contributed by atoms with Gasteiger partial charge in [-0.15, -0.1) is 0 Å². The van der Waals surface area contributed by atoms with Crippen LogP contribution in [0.15, 0.2) is 50.7 Å². The van der Waals surface area contributed by atoms with Gasteiger partial charge in [-0.25, -0.2) is 16.8 Å². The van der Waals surface area contributed by atoms with Crippen LogP contribution in [-0.2, 0) is 25.4 Å². The highest BCUT2D eigenvalue weighted by Gasteiger charge is 2.24. The van der Waals surface area contributed by atoms with E-state index in [0.717, 1.165) is 0 Å². The minimum absolute atomic E-state index is 0.0169. The molecule has 6 nitrogen and oxygen atoms in total. The molecule has 10 heteroatoms. The van der Waals surface area contributed by atoms with Crippen LogP contribution in [0.25, 0.3) is 0 Å². The fraction of sp³-hybridized carbons (Fsp3) is 0.455. The second-order valence-electron chi connectivity index (χ2n) is 8.09. The molecule has 0 unspecified atom stereocenters. The maximum Gasteiger partial charge on any atom is 0.186 e. The second kappa shape index (κ2) is 10.9. The van der Waals surface area contributed by atoms with Crippen molar-refractivity contribution in [3.05, 3.63) is 51.5 Å². The summed E-state index contributed by atoms with van der Waals surface area (Å²) in [5.41, 5.74) is 0.294. The van der Waals surface area contributed by atoms with Crippen molar-refractivity contribution in [2.75, 3.05) is 19.4 Å². The van der Waals surface area contributed by atoms with Crippen LogP contribution in [0.2, 0.25) is 5.02 Å². The molecule has 0 radical (unpaired) electrons. The van der Waals surface area contributed by atoms with E-state index in [1.807, 2.05) is 27.7 Å². The third kappa shape index (κ3) is 6.93. The van der Waals surface area contributed by atoms with Gasteiger partial charge in [-0.2, -0.15) is 0 Å². The maximum absolute atomic E-state index is 13.1. The highest BCUT2D eigenvalue weighted by Crippen LogP contribution is 2.31. The summed E-state index contributed by atoms with van der Waals surface area (Å²) in [4.78, 5) is 2.12. The van der Waals surface area contributed by atoms with Gasteiger partial charge in [0.15, 0.2) is 19.7 Å². The Bertz CT molecular complexity index is 1160. The molecule has 2 aromatic rings. The van der Waals surface area contributed by atoms with Gasteiger partial charge in [0.25, 0.3) is 0 Å². The number of ether oxygens (including phenoxy) is 1. The van der Waals surface area contributed by atoms with Gasteiger partial charge in [-0.05, 0) is 69.7 Å². The lowest BCUT2D eigenvalue weighted by Crippen LogP contribution is -2.40. The normalized spacial score (nSPS) is 12.7. The Morgan fingerprint density at radius 2 is 1.59 bits per heavy atom. The summed E-state index contributed by atoms with van der Waals surface area (Å²) in [5.74, 6) is -0.284. The molecular weight excluding hydrogens is 538 g/mol. The predicted molar refractivity (Wildman–Crippen MR) is 132 cm³/mol. The second-order valence-corrected chi connectivity index (χ2v) is 13.5. The minimum Gasteiger partial charge on any atom is -0.495 e. The molecule has 0 fully saturated rings. The number of sulfone groups is 2. The van der Waals surface area contributed by atoms with E-state index < -0.39 is 25.4 Å². The van der Waals surface area contributed by atoms with Gasteiger partial charge in [0.05, 0.1) is 23.5 Å². The van der Waals surface area contributed by atoms with Crippen molar-refractivity contribution in [3.63, 3.8) is 0 Å².